The van der Waals surface area contributed by atoms with E-state index in [-0.39, 0.29) is 16.8 Å². The van der Waals surface area contributed by atoms with Crippen molar-refractivity contribution in [3.63, 3.8) is 0 Å². The molecule has 0 amide bonds. The molecule has 1 radical (unpaired) electrons. The van der Waals surface area contributed by atoms with E-state index >= 15 is 0 Å². The van der Waals surface area contributed by atoms with Gasteiger partial charge in [0.1, 0.15) is 0 Å². The molecule has 0 aromatic rings. The molecule has 0 atom stereocenters. The molecule has 0 saturated heterocycles. The zero-order valence-electron chi connectivity index (χ0n) is 3.27. The van der Waals surface area contributed by atoms with Gasteiger partial charge in [0.15, 0.2) is 0 Å². The maximum Gasteiger partial charge on any atom is 0.426 e. The van der Waals surface area contributed by atoms with Gasteiger partial charge >= 0.3 is 10.4 Å². The molecule has 53 valence electrons. The normalized spacial score (nSPS) is 10.2. The van der Waals surface area contributed by atoms with Gasteiger partial charge in [-0.2, -0.15) is 8.42 Å². The molecule has 0 bridgehead atoms. The SMILES string of the molecule is O=S(=O)(O)OOO.[Co]. The van der Waals surface area contributed by atoms with E-state index in [1.807, 2.05) is 0 Å². The Morgan fingerprint density at radius 1 is 1.38 bits per heavy atom. The summed E-state index contributed by atoms with van der Waals surface area (Å²) in [4.78, 5) is 0. The topological polar surface area (TPSA) is 93.1 Å². The number of rotatable bonds is 2. The Bertz CT molecular complexity index is 121. The Hall–Kier alpha value is 0.296. The van der Waals surface area contributed by atoms with Gasteiger partial charge in [-0.15, -0.1) is 0 Å². The van der Waals surface area contributed by atoms with Crippen LogP contribution in [0.15, 0.2) is 0 Å². The predicted molar refractivity (Wildman–Crippen MR) is 16.3 cm³/mol. The van der Waals surface area contributed by atoms with Crippen LogP contribution in [0.25, 0.3) is 0 Å². The summed E-state index contributed by atoms with van der Waals surface area (Å²) in [5.74, 6) is 0. The van der Waals surface area contributed by atoms with E-state index in [4.69, 9.17) is 9.81 Å². The molecule has 0 saturated carbocycles. The average molecular weight is 189 g/mol. The Balaban J connectivity index is 0. The summed E-state index contributed by atoms with van der Waals surface area (Å²) in [7, 11) is -4.65. The van der Waals surface area contributed by atoms with Crippen LogP contribution in [0, 0.1) is 0 Å². The molecule has 0 aliphatic rings. The number of hydrogen-bond donors (Lipinski definition) is 2. The molecule has 0 aromatic heterocycles. The summed E-state index contributed by atoms with van der Waals surface area (Å²) in [5.41, 5.74) is 0. The van der Waals surface area contributed by atoms with Crippen LogP contribution < -0.4 is 0 Å². The van der Waals surface area contributed by atoms with Gasteiger partial charge in [0.25, 0.3) is 0 Å². The van der Waals surface area contributed by atoms with Crippen LogP contribution in [0.5, 0.6) is 0 Å². The van der Waals surface area contributed by atoms with Crippen LogP contribution in [-0.4, -0.2) is 18.2 Å². The second-order valence-electron chi connectivity index (χ2n) is 0.570. The first-order valence-electron chi connectivity index (χ1n) is 1.03. The zero-order valence-corrected chi connectivity index (χ0v) is 5.13. The Morgan fingerprint density at radius 2 is 1.75 bits per heavy atom. The molecule has 8 heteroatoms. The minimum absolute atomic E-state index is 0. The quantitative estimate of drug-likeness (QED) is 0.335. The van der Waals surface area contributed by atoms with E-state index in [1.165, 1.54) is 0 Å². The molecule has 0 rings (SSSR count). The van der Waals surface area contributed by atoms with E-state index in [0.717, 1.165) is 0 Å². The Morgan fingerprint density at radius 3 is 1.75 bits per heavy atom. The largest absolute Gasteiger partial charge is 0.426 e. The molecule has 2 N–H and O–H groups in total. The molecule has 0 aliphatic carbocycles. The van der Waals surface area contributed by atoms with E-state index in [1.54, 1.807) is 0 Å². The van der Waals surface area contributed by atoms with Crippen molar-refractivity contribution in [3.8, 4) is 0 Å². The van der Waals surface area contributed by atoms with Gasteiger partial charge in [0.2, 0.25) is 0 Å². The fourth-order valence-corrected chi connectivity index (χ4v) is 0.115. The van der Waals surface area contributed by atoms with Gasteiger partial charge in [-0.3, -0.25) is 4.55 Å². The van der Waals surface area contributed by atoms with Gasteiger partial charge in [-0.25, -0.2) is 5.26 Å². The summed E-state index contributed by atoms with van der Waals surface area (Å²) in [5, 5.41) is 9.71. The zero-order chi connectivity index (χ0) is 5.91. The molecule has 6 nitrogen and oxygen atoms in total. The third-order valence-corrected chi connectivity index (χ3v) is 0.349. The van der Waals surface area contributed by atoms with Crippen LogP contribution in [0.3, 0.4) is 0 Å². The smallest absolute Gasteiger partial charge is 0.262 e. The van der Waals surface area contributed by atoms with Crippen molar-refractivity contribution in [2.45, 2.75) is 0 Å². The average Bonchev–Trinajstić information content (AvgIpc) is 1.30. The van der Waals surface area contributed by atoms with Crippen LogP contribution in [0.2, 0.25) is 0 Å². The first kappa shape index (κ1) is 11.1. The maximum atomic E-state index is 9.28. The summed E-state index contributed by atoms with van der Waals surface area (Å²) < 4.78 is 28.9. The molecule has 0 aliphatic heterocycles. The van der Waals surface area contributed by atoms with E-state index < -0.39 is 10.4 Å². The molecular weight excluding hydrogens is 187 g/mol. The molecular formula is H2CoO6S. The van der Waals surface area contributed by atoms with Crippen molar-refractivity contribution in [1.29, 1.82) is 0 Å². The van der Waals surface area contributed by atoms with Crippen molar-refractivity contribution < 1.29 is 44.4 Å². The minimum atomic E-state index is -4.65. The van der Waals surface area contributed by atoms with E-state index in [2.05, 4.69) is 9.37 Å². The molecule has 0 heterocycles. The van der Waals surface area contributed by atoms with Crippen molar-refractivity contribution in [2.24, 2.45) is 0 Å². The summed E-state index contributed by atoms with van der Waals surface area (Å²) in [6, 6.07) is 0. The van der Waals surface area contributed by atoms with Crippen molar-refractivity contribution in [1.82, 2.24) is 0 Å². The fourth-order valence-electron chi connectivity index (χ4n) is 0.0385. The van der Waals surface area contributed by atoms with Gasteiger partial charge in [-0.05, 0) is 0 Å². The molecule has 0 fully saturated rings. The number of hydrogen-bond acceptors (Lipinski definition) is 5. The first-order chi connectivity index (χ1) is 3.06. The molecule has 8 heavy (non-hydrogen) atoms. The van der Waals surface area contributed by atoms with Crippen molar-refractivity contribution in [3.05, 3.63) is 0 Å². The summed E-state index contributed by atoms with van der Waals surface area (Å²) in [6.07, 6.45) is 0. The van der Waals surface area contributed by atoms with Gasteiger partial charge in [0, 0.05) is 16.8 Å². The predicted octanol–water partition coefficient (Wildman–Crippen LogP) is -0.792. The summed E-state index contributed by atoms with van der Waals surface area (Å²) >= 11 is 0. The third-order valence-electron chi connectivity index (χ3n) is 0.116. The monoisotopic (exact) mass is 189 g/mol. The Labute approximate surface area is 55.4 Å². The standard InChI is InChI=1S/Co.H2O6S/c;1-5-6-7(2,3)4/h;1H,(H,2,3,4). The van der Waals surface area contributed by atoms with E-state index in [9.17, 15) is 8.42 Å². The maximum absolute atomic E-state index is 9.28. The molecule has 0 aromatic carbocycles. The first-order valence-corrected chi connectivity index (χ1v) is 2.40. The fraction of sp³-hybridized carbons (Fsp3) is 0. The van der Waals surface area contributed by atoms with Crippen molar-refractivity contribution in [2.75, 3.05) is 0 Å². The van der Waals surface area contributed by atoms with E-state index in [0.29, 0.717) is 0 Å². The second kappa shape index (κ2) is 4.20. The van der Waals surface area contributed by atoms with Gasteiger partial charge in [0.05, 0.1) is 0 Å². The Kier molecular flexibility index (Phi) is 5.85. The third kappa shape index (κ3) is 9.57. The second-order valence-corrected chi connectivity index (χ2v) is 1.56. The van der Waals surface area contributed by atoms with Crippen LogP contribution in [0.4, 0.5) is 0 Å². The van der Waals surface area contributed by atoms with Crippen LogP contribution >= 0.6 is 0 Å². The van der Waals surface area contributed by atoms with Gasteiger partial charge < -0.3 is 0 Å². The van der Waals surface area contributed by atoms with Crippen molar-refractivity contribution >= 4 is 10.4 Å². The van der Waals surface area contributed by atoms with Crippen LogP contribution in [-0.2, 0) is 36.5 Å². The summed E-state index contributed by atoms with van der Waals surface area (Å²) in [6.45, 7) is 0. The molecule has 0 unspecified atom stereocenters. The molecule has 0 spiro atoms. The minimum Gasteiger partial charge on any atom is -0.262 e. The van der Waals surface area contributed by atoms with Gasteiger partial charge in [-0.1, -0.05) is 9.37 Å². The van der Waals surface area contributed by atoms with Crippen LogP contribution in [0.1, 0.15) is 0 Å².